The number of sulfonamides is 1. The van der Waals surface area contributed by atoms with Gasteiger partial charge in [-0.05, 0) is 44.0 Å². The van der Waals surface area contributed by atoms with Crippen LogP contribution in [0, 0.1) is 11.3 Å². The zero-order valence-electron chi connectivity index (χ0n) is 16.7. The fraction of sp³-hybridized carbons (Fsp3) is 0.579. The van der Waals surface area contributed by atoms with Crippen molar-refractivity contribution < 1.29 is 13.2 Å². The van der Waals surface area contributed by atoms with Gasteiger partial charge in [0.15, 0.2) is 0 Å². The van der Waals surface area contributed by atoms with Gasteiger partial charge in [-0.25, -0.2) is 8.42 Å². The number of carbonyl (C=O) groups excluding carboxylic acids is 1. The lowest BCUT2D eigenvalue weighted by Gasteiger charge is -2.31. The number of hydrogen-bond donors (Lipinski definition) is 0. The van der Waals surface area contributed by atoms with Crippen LogP contribution in [-0.2, 0) is 21.2 Å². The number of rotatable bonds is 7. The molecule has 1 heterocycles. The van der Waals surface area contributed by atoms with Crippen molar-refractivity contribution in [2.75, 3.05) is 38.1 Å². The van der Waals surface area contributed by atoms with E-state index in [1.807, 2.05) is 18.7 Å². The van der Waals surface area contributed by atoms with Gasteiger partial charge in [-0.3, -0.25) is 4.79 Å². The maximum absolute atomic E-state index is 12.7. The first kappa shape index (κ1) is 21.2. The number of amides is 1. The van der Waals surface area contributed by atoms with Crippen LogP contribution < -0.4 is 4.90 Å². The molecule has 8 heteroatoms. The van der Waals surface area contributed by atoms with E-state index in [1.54, 1.807) is 39.1 Å². The first-order valence-electron chi connectivity index (χ1n) is 9.14. The molecule has 0 radical (unpaired) electrons. The molecule has 7 nitrogen and oxygen atoms in total. The lowest BCUT2D eigenvalue weighted by atomic mass is 10.1. The number of nitriles is 1. The van der Waals surface area contributed by atoms with Crippen molar-refractivity contribution in [2.45, 2.75) is 44.6 Å². The highest BCUT2D eigenvalue weighted by Gasteiger charge is 2.31. The van der Waals surface area contributed by atoms with Crippen LogP contribution in [0.3, 0.4) is 0 Å². The third-order valence-corrected chi connectivity index (χ3v) is 7.24. The molecule has 0 atom stereocenters. The minimum atomic E-state index is -3.50. The Morgan fingerprint density at radius 3 is 2.48 bits per heavy atom. The summed E-state index contributed by atoms with van der Waals surface area (Å²) in [5.74, 6) is -0.144. The van der Waals surface area contributed by atoms with Gasteiger partial charge in [-0.15, -0.1) is 0 Å². The number of nitrogens with zero attached hydrogens (tertiary/aromatic N) is 4. The summed E-state index contributed by atoms with van der Waals surface area (Å²) >= 11 is 0. The summed E-state index contributed by atoms with van der Waals surface area (Å²) in [5.41, 5.74) is 0.935. The summed E-state index contributed by atoms with van der Waals surface area (Å²) in [7, 11) is -1.87. The van der Waals surface area contributed by atoms with Gasteiger partial charge in [-0.1, -0.05) is 13.8 Å². The molecule has 148 valence electrons. The zero-order chi connectivity index (χ0) is 20.4. The molecular formula is C19H28N4O3S. The largest absolute Gasteiger partial charge is 0.362 e. The Hall–Kier alpha value is -2.11. The van der Waals surface area contributed by atoms with E-state index in [1.165, 1.54) is 9.21 Å². The van der Waals surface area contributed by atoms with Crippen molar-refractivity contribution in [2.24, 2.45) is 0 Å². The molecular weight excluding hydrogens is 364 g/mol. The third-order valence-electron chi connectivity index (χ3n) is 5.20. The number of fused-ring (bicyclic) bond motifs is 1. The maximum atomic E-state index is 12.7. The van der Waals surface area contributed by atoms with Crippen molar-refractivity contribution in [3.05, 3.63) is 23.8 Å². The number of likely N-dealkylation sites (N-methyl/N-ethyl adjacent to an activating group) is 1. The standard InChI is InChI=1S/C19H28N4O3S/c1-6-23(7-2)27(25,26)16-8-9-17-15(12-16)10-11-22(17)13-18(24)21(5)19(3,4)14-20/h8-9,12H,6-7,10-11,13H2,1-5H3. The molecule has 27 heavy (non-hydrogen) atoms. The van der Waals surface area contributed by atoms with Gasteiger partial charge in [0.05, 0.1) is 17.5 Å². The zero-order valence-corrected chi connectivity index (χ0v) is 17.5. The number of anilines is 1. The first-order valence-corrected chi connectivity index (χ1v) is 10.6. The Morgan fingerprint density at radius 2 is 1.93 bits per heavy atom. The molecule has 2 rings (SSSR count). The minimum absolute atomic E-state index is 0.144. The highest BCUT2D eigenvalue weighted by atomic mass is 32.2. The van der Waals surface area contributed by atoms with Gasteiger partial charge in [0, 0.05) is 32.4 Å². The van der Waals surface area contributed by atoms with Gasteiger partial charge in [0.25, 0.3) is 0 Å². The quantitative estimate of drug-likeness (QED) is 0.707. The van der Waals surface area contributed by atoms with E-state index in [2.05, 4.69) is 6.07 Å². The van der Waals surface area contributed by atoms with Crippen LogP contribution >= 0.6 is 0 Å². The van der Waals surface area contributed by atoms with Crippen molar-refractivity contribution in [1.29, 1.82) is 5.26 Å². The van der Waals surface area contributed by atoms with Crippen LogP contribution in [0.15, 0.2) is 23.1 Å². The molecule has 0 fully saturated rings. The van der Waals surface area contributed by atoms with Crippen LogP contribution in [0.2, 0.25) is 0 Å². The van der Waals surface area contributed by atoms with Gasteiger partial charge < -0.3 is 9.80 Å². The van der Waals surface area contributed by atoms with Crippen molar-refractivity contribution in [3.63, 3.8) is 0 Å². The summed E-state index contributed by atoms with van der Waals surface area (Å²) in [6, 6.07) is 7.23. The molecule has 1 aromatic carbocycles. The lowest BCUT2D eigenvalue weighted by Crippen LogP contribution is -2.48. The Bertz CT molecular complexity index is 854. The summed E-state index contributed by atoms with van der Waals surface area (Å²) in [6.45, 7) is 8.71. The van der Waals surface area contributed by atoms with Gasteiger partial charge >= 0.3 is 0 Å². The number of carbonyl (C=O) groups is 1. The van der Waals surface area contributed by atoms with E-state index < -0.39 is 15.6 Å². The van der Waals surface area contributed by atoms with E-state index in [0.717, 1.165) is 11.3 Å². The molecule has 0 aliphatic carbocycles. The molecule has 0 saturated heterocycles. The minimum Gasteiger partial charge on any atom is -0.362 e. The molecule has 1 aliphatic rings. The molecule has 1 aliphatic heterocycles. The molecule has 0 aromatic heterocycles. The van der Waals surface area contributed by atoms with E-state index in [0.29, 0.717) is 31.0 Å². The van der Waals surface area contributed by atoms with Crippen molar-refractivity contribution >= 4 is 21.6 Å². The normalized spacial score (nSPS) is 14.2. The lowest BCUT2D eigenvalue weighted by molar-refractivity contribution is -0.131. The highest BCUT2D eigenvalue weighted by molar-refractivity contribution is 7.89. The van der Waals surface area contributed by atoms with E-state index in [9.17, 15) is 18.5 Å². The summed E-state index contributed by atoms with van der Waals surface area (Å²) in [6.07, 6.45) is 0.690. The molecule has 0 N–H and O–H groups in total. The maximum Gasteiger partial charge on any atom is 0.243 e. The SMILES string of the molecule is CCN(CC)S(=O)(=O)c1ccc2c(c1)CCN2CC(=O)N(C)C(C)(C)C#N. The van der Waals surface area contributed by atoms with Crippen LogP contribution in [0.1, 0.15) is 33.3 Å². The van der Waals surface area contributed by atoms with E-state index >= 15 is 0 Å². The average Bonchev–Trinajstić information content (AvgIpc) is 3.03. The smallest absolute Gasteiger partial charge is 0.243 e. The summed E-state index contributed by atoms with van der Waals surface area (Å²) in [4.78, 5) is 16.2. The number of benzene rings is 1. The molecule has 0 saturated carbocycles. The second-order valence-corrected chi connectivity index (χ2v) is 9.11. The van der Waals surface area contributed by atoms with Crippen LogP contribution in [0.5, 0.6) is 0 Å². The number of hydrogen-bond acceptors (Lipinski definition) is 5. The topological polar surface area (TPSA) is 84.7 Å². The van der Waals surface area contributed by atoms with E-state index in [4.69, 9.17) is 0 Å². The predicted octanol–water partition coefficient (Wildman–Crippen LogP) is 1.84. The predicted molar refractivity (Wildman–Crippen MR) is 105 cm³/mol. The summed E-state index contributed by atoms with van der Waals surface area (Å²) < 4.78 is 26.8. The average molecular weight is 393 g/mol. The summed E-state index contributed by atoms with van der Waals surface area (Å²) in [5, 5.41) is 9.21. The molecule has 0 unspecified atom stereocenters. The molecule has 0 spiro atoms. The van der Waals surface area contributed by atoms with Crippen molar-refractivity contribution in [3.8, 4) is 6.07 Å². The van der Waals surface area contributed by atoms with Crippen LogP contribution in [0.25, 0.3) is 0 Å². The molecule has 0 bridgehead atoms. The van der Waals surface area contributed by atoms with Crippen LogP contribution in [-0.4, -0.2) is 62.3 Å². The Morgan fingerprint density at radius 1 is 1.30 bits per heavy atom. The van der Waals surface area contributed by atoms with Crippen LogP contribution in [0.4, 0.5) is 5.69 Å². The Kier molecular flexibility index (Phi) is 6.17. The molecule has 1 amide bonds. The van der Waals surface area contributed by atoms with Gasteiger partial charge in [0.1, 0.15) is 5.54 Å². The second kappa shape index (κ2) is 7.87. The first-order chi connectivity index (χ1) is 12.6. The highest BCUT2D eigenvalue weighted by Crippen LogP contribution is 2.31. The monoisotopic (exact) mass is 392 g/mol. The fourth-order valence-corrected chi connectivity index (χ4v) is 4.65. The van der Waals surface area contributed by atoms with Gasteiger partial charge in [0.2, 0.25) is 15.9 Å². The Balaban J connectivity index is 2.22. The second-order valence-electron chi connectivity index (χ2n) is 7.17. The van der Waals surface area contributed by atoms with Crippen molar-refractivity contribution in [1.82, 2.24) is 9.21 Å². The fourth-order valence-electron chi connectivity index (χ4n) is 3.14. The van der Waals surface area contributed by atoms with E-state index in [-0.39, 0.29) is 12.5 Å². The third kappa shape index (κ3) is 4.09. The Labute approximate surface area is 162 Å². The molecule has 1 aromatic rings. The van der Waals surface area contributed by atoms with Gasteiger partial charge in [-0.2, -0.15) is 9.57 Å².